The molecule has 1 atom stereocenters. The smallest absolute Gasteiger partial charge is 0.0914 e. The molecule has 2 nitrogen and oxygen atoms in total. The maximum absolute atomic E-state index is 10.0. The van der Waals surface area contributed by atoms with E-state index in [1.165, 1.54) is 5.56 Å². The van der Waals surface area contributed by atoms with Crippen LogP contribution in [0.2, 0.25) is 0 Å². The van der Waals surface area contributed by atoms with Gasteiger partial charge in [-0.15, -0.1) is 0 Å². The van der Waals surface area contributed by atoms with E-state index >= 15 is 0 Å². The average Bonchev–Trinajstić information content (AvgIpc) is 2.27. The van der Waals surface area contributed by atoms with E-state index in [0.717, 1.165) is 18.5 Å². The highest BCUT2D eigenvalue weighted by Gasteiger charge is 2.11. The number of benzene rings is 1. The molecule has 0 aliphatic rings. The first kappa shape index (κ1) is 14.2. The highest BCUT2D eigenvalue weighted by Crippen LogP contribution is 2.15. The van der Waals surface area contributed by atoms with Crippen LogP contribution in [0.4, 0.5) is 0 Å². The summed E-state index contributed by atoms with van der Waals surface area (Å²) >= 11 is 0. The van der Waals surface area contributed by atoms with Gasteiger partial charge in [-0.25, -0.2) is 0 Å². The van der Waals surface area contributed by atoms with E-state index in [1.807, 2.05) is 12.1 Å². The lowest BCUT2D eigenvalue weighted by Crippen LogP contribution is -2.30. The molecule has 17 heavy (non-hydrogen) atoms. The van der Waals surface area contributed by atoms with Gasteiger partial charge in [0, 0.05) is 13.1 Å². The fraction of sp³-hybridized carbons (Fsp3) is 0.600. The molecule has 0 saturated heterocycles. The molecule has 1 unspecified atom stereocenters. The largest absolute Gasteiger partial charge is 0.387 e. The summed E-state index contributed by atoms with van der Waals surface area (Å²) in [7, 11) is 0. The number of hydrogen-bond donors (Lipinski definition) is 2. The number of hydrogen-bond acceptors (Lipinski definition) is 2. The van der Waals surface area contributed by atoms with E-state index < -0.39 is 6.10 Å². The molecule has 0 aromatic heterocycles. The van der Waals surface area contributed by atoms with Crippen molar-refractivity contribution in [3.8, 4) is 0 Å². The van der Waals surface area contributed by atoms with Gasteiger partial charge in [0.1, 0.15) is 0 Å². The van der Waals surface area contributed by atoms with Crippen LogP contribution in [-0.2, 0) is 6.42 Å². The zero-order valence-corrected chi connectivity index (χ0v) is 11.5. The minimum atomic E-state index is -0.414. The lowest BCUT2D eigenvalue weighted by atomic mass is 9.97. The molecule has 0 bridgehead atoms. The van der Waals surface area contributed by atoms with E-state index in [9.17, 15) is 5.11 Å². The van der Waals surface area contributed by atoms with Crippen molar-refractivity contribution in [3.63, 3.8) is 0 Å². The first-order chi connectivity index (χ1) is 7.92. The van der Waals surface area contributed by atoms with Crippen LogP contribution < -0.4 is 5.32 Å². The quantitative estimate of drug-likeness (QED) is 0.822. The van der Waals surface area contributed by atoms with E-state index in [2.05, 4.69) is 45.1 Å². The first-order valence-electron chi connectivity index (χ1n) is 6.40. The Morgan fingerprint density at radius 3 is 2.24 bits per heavy atom. The van der Waals surface area contributed by atoms with Gasteiger partial charge >= 0.3 is 0 Å². The van der Waals surface area contributed by atoms with Crippen LogP contribution in [0.3, 0.4) is 0 Å². The Kier molecular flexibility index (Phi) is 5.16. The molecular formula is C15H25NO. The predicted octanol–water partition coefficient (Wildman–Crippen LogP) is 2.92. The van der Waals surface area contributed by atoms with Crippen LogP contribution in [0.15, 0.2) is 24.3 Å². The predicted molar refractivity (Wildman–Crippen MR) is 73.1 cm³/mol. The van der Waals surface area contributed by atoms with E-state index in [0.29, 0.717) is 6.54 Å². The maximum Gasteiger partial charge on any atom is 0.0914 e. The molecule has 1 aromatic rings. The van der Waals surface area contributed by atoms with Gasteiger partial charge in [-0.2, -0.15) is 0 Å². The summed E-state index contributed by atoms with van der Waals surface area (Å²) in [5.74, 6) is 0. The molecule has 0 aliphatic heterocycles. The zero-order valence-electron chi connectivity index (χ0n) is 11.5. The van der Waals surface area contributed by atoms with Gasteiger partial charge in [-0.05, 0) is 23.0 Å². The Bertz CT molecular complexity index is 324. The molecular weight excluding hydrogens is 210 g/mol. The third-order valence-corrected chi connectivity index (χ3v) is 2.77. The van der Waals surface area contributed by atoms with Gasteiger partial charge < -0.3 is 10.4 Å². The Labute approximate surface area is 105 Å². The Balaban J connectivity index is 2.43. The van der Waals surface area contributed by atoms with Crippen LogP contribution in [0.25, 0.3) is 0 Å². The average molecular weight is 235 g/mol. The normalized spacial score (nSPS) is 13.7. The molecule has 0 amide bonds. The molecule has 1 rings (SSSR count). The van der Waals surface area contributed by atoms with Crippen LogP contribution in [0.1, 0.15) is 44.9 Å². The number of nitrogens with one attached hydrogen (secondary N) is 1. The fourth-order valence-electron chi connectivity index (χ4n) is 1.68. The Hall–Kier alpha value is -0.860. The van der Waals surface area contributed by atoms with E-state index in [4.69, 9.17) is 0 Å². The topological polar surface area (TPSA) is 32.3 Å². The van der Waals surface area contributed by atoms with Crippen molar-refractivity contribution in [2.75, 3.05) is 13.1 Å². The maximum atomic E-state index is 10.0. The van der Waals surface area contributed by atoms with Crippen molar-refractivity contribution in [2.45, 2.75) is 40.2 Å². The van der Waals surface area contributed by atoms with E-state index in [-0.39, 0.29) is 5.41 Å². The second-order valence-electron chi connectivity index (χ2n) is 5.80. The highest BCUT2D eigenvalue weighted by atomic mass is 16.3. The monoisotopic (exact) mass is 235 g/mol. The molecule has 1 aromatic carbocycles. The second kappa shape index (κ2) is 6.18. The summed E-state index contributed by atoms with van der Waals surface area (Å²) in [6.07, 6.45) is 0.627. The Morgan fingerprint density at radius 1 is 1.18 bits per heavy atom. The van der Waals surface area contributed by atoms with Crippen LogP contribution >= 0.6 is 0 Å². The summed E-state index contributed by atoms with van der Waals surface area (Å²) in [6.45, 7) is 10.2. The third-order valence-electron chi connectivity index (χ3n) is 2.77. The van der Waals surface area contributed by atoms with Crippen LogP contribution in [-0.4, -0.2) is 18.2 Å². The molecule has 2 heteroatoms. The van der Waals surface area contributed by atoms with Gasteiger partial charge in [0.05, 0.1) is 6.10 Å². The zero-order chi connectivity index (χ0) is 12.9. The summed E-state index contributed by atoms with van der Waals surface area (Å²) in [5.41, 5.74) is 2.55. The summed E-state index contributed by atoms with van der Waals surface area (Å²) in [5, 5.41) is 13.3. The number of rotatable bonds is 5. The summed E-state index contributed by atoms with van der Waals surface area (Å²) < 4.78 is 0. The minimum Gasteiger partial charge on any atom is -0.387 e. The van der Waals surface area contributed by atoms with Crippen molar-refractivity contribution in [1.82, 2.24) is 5.32 Å². The van der Waals surface area contributed by atoms with Gasteiger partial charge in [0.2, 0.25) is 0 Å². The van der Waals surface area contributed by atoms with Crippen molar-refractivity contribution >= 4 is 0 Å². The number of aliphatic hydroxyl groups is 1. The van der Waals surface area contributed by atoms with Crippen molar-refractivity contribution < 1.29 is 5.11 Å². The third kappa shape index (κ3) is 5.33. The summed E-state index contributed by atoms with van der Waals surface area (Å²) in [4.78, 5) is 0. The highest BCUT2D eigenvalue weighted by molar-refractivity contribution is 5.24. The van der Waals surface area contributed by atoms with Crippen molar-refractivity contribution in [2.24, 2.45) is 5.41 Å². The molecule has 2 N–H and O–H groups in total. The number of aryl methyl sites for hydroxylation is 1. The molecule has 96 valence electrons. The van der Waals surface area contributed by atoms with E-state index in [1.54, 1.807) is 0 Å². The van der Waals surface area contributed by atoms with Gasteiger partial charge in [-0.1, -0.05) is 52.0 Å². The molecule has 0 aliphatic carbocycles. The van der Waals surface area contributed by atoms with Crippen LogP contribution in [0.5, 0.6) is 0 Å². The lowest BCUT2D eigenvalue weighted by Gasteiger charge is -2.20. The fourth-order valence-corrected chi connectivity index (χ4v) is 1.68. The summed E-state index contributed by atoms with van der Waals surface area (Å²) in [6, 6.07) is 8.20. The van der Waals surface area contributed by atoms with Gasteiger partial charge in [-0.3, -0.25) is 0 Å². The van der Waals surface area contributed by atoms with Crippen molar-refractivity contribution in [3.05, 3.63) is 35.4 Å². The van der Waals surface area contributed by atoms with Gasteiger partial charge in [0.15, 0.2) is 0 Å². The number of aliphatic hydroxyl groups excluding tert-OH is 1. The molecule has 0 fully saturated rings. The second-order valence-corrected chi connectivity index (χ2v) is 5.80. The molecule has 0 saturated carbocycles. The molecule has 0 heterocycles. The molecule has 0 radical (unpaired) electrons. The first-order valence-corrected chi connectivity index (χ1v) is 6.40. The van der Waals surface area contributed by atoms with Crippen molar-refractivity contribution in [1.29, 1.82) is 0 Å². The SMILES string of the molecule is CCc1ccc(C(O)CNCC(C)(C)C)cc1. The van der Waals surface area contributed by atoms with Crippen LogP contribution in [0, 0.1) is 5.41 Å². The standard InChI is InChI=1S/C15H25NO/c1-5-12-6-8-13(9-7-12)14(17)10-16-11-15(2,3)4/h6-9,14,16-17H,5,10-11H2,1-4H3. The minimum absolute atomic E-state index is 0.256. The molecule has 0 spiro atoms. The van der Waals surface area contributed by atoms with Gasteiger partial charge in [0.25, 0.3) is 0 Å². The lowest BCUT2D eigenvalue weighted by molar-refractivity contribution is 0.170. The Morgan fingerprint density at radius 2 is 1.76 bits per heavy atom.